The summed E-state index contributed by atoms with van der Waals surface area (Å²) in [6.07, 6.45) is 7.10. The second-order valence-corrected chi connectivity index (χ2v) is 6.67. The molecule has 0 N–H and O–H groups in total. The van der Waals surface area contributed by atoms with E-state index in [1.165, 1.54) is 55.1 Å². The molecule has 1 heterocycles. The van der Waals surface area contributed by atoms with Crippen molar-refractivity contribution in [3.63, 3.8) is 0 Å². The normalized spacial score (nSPS) is 22.9. The standard InChI is InChI=1S/C16H22BrN/c17-12-16(8-4-1-5-9-16)13-18-10-14-6-2-3-7-15(14)11-18/h2-3,6-7H,1,4-5,8-13H2. The van der Waals surface area contributed by atoms with Gasteiger partial charge in [-0.1, -0.05) is 59.5 Å². The van der Waals surface area contributed by atoms with Crippen LogP contribution in [-0.2, 0) is 13.1 Å². The minimum Gasteiger partial charge on any atom is -0.294 e. The van der Waals surface area contributed by atoms with Crippen molar-refractivity contribution in [1.82, 2.24) is 4.90 Å². The fourth-order valence-electron chi connectivity index (χ4n) is 3.63. The van der Waals surface area contributed by atoms with E-state index < -0.39 is 0 Å². The number of fused-ring (bicyclic) bond motifs is 1. The van der Waals surface area contributed by atoms with Gasteiger partial charge in [0.2, 0.25) is 0 Å². The van der Waals surface area contributed by atoms with Crippen LogP contribution in [0.1, 0.15) is 43.2 Å². The second-order valence-electron chi connectivity index (χ2n) is 6.11. The molecule has 1 aliphatic heterocycles. The van der Waals surface area contributed by atoms with Gasteiger partial charge < -0.3 is 0 Å². The van der Waals surface area contributed by atoms with Gasteiger partial charge in [-0.2, -0.15) is 0 Å². The highest BCUT2D eigenvalue weighted by Crippen LogP contribution is 2.40. The van der Waals surface area contributed by atoms with Gasteiger partial charge in [0.15, 0.2) is 0 Å². The first-order valence-corrected chi connectivity index (χ1v) is 8.29. The molecule has 1 aromatic rings. The molecule has 0 radical (unpaired) electrons. The Balaban J connectivity index is 1.67. The summed E-state index contributed by atoms with van der Waals surface area (Å²) < 4.78 is 0. The van der Waals surface area contributed by atoms with Crippen LogP contribution in [0.4, 0.5) is 0 Å². The molecule has 1 aliphatic carbocycles. The summed E-state index contributed by atoms with van der Waals surface area (Å²) in [5, 5.41) is 1.17. The molecule has 0 bridgehead atoms. The third kappa shape index (κ3) is 2.50. The van der Waals surface area contributed by atoms with Gasteiger partial charge in [-0.3, -0.25) is 4.90 Å². The fraction of sp³-hybridized carbons (Fsp3) is 0.625. The average Bonchev–Trinajstić information content (AvgIpc) is 2.81. The Bertz CT molecular complexity index is 384. The van der Waals surface area contributed by atoms with Crippen LogP contribution in [0, 0.1) is 5.41 Å². The molecule has 0 unspecified atom stereocenters. The quantitative estimate of drug-likeness (QED) is 0.751. The van der Waals surface area contributed by atoms with Gasteiger partial charge in [-0.25, -0.2) is 0 Å². The average molecular weight is 308 g/mol. The predicted octanol–water partition coefficient (Wildman–Crippen LogP) is 4.35. The summed E-state index contributed by atoms with van der Waals surface area (Å²) in [5.41, 5.74) is 3.62. The maximum absolute atomic E-state index is 3.78. The molecule has 0 aromatic heterocycles. The molecular weight excluding hydrogens is 286 g/mol. The van der Waals surface area contributed by atoms with E-state index in [2.05, 4.69) is 45.1 Å². The molecule has 2 aliphatic rings. The topological polar surface area (TPSA) is 3.24 Å². The number of rotatable bonds is 3. The van der Waals surface area contributed by atoms with E-state index in [-0.39, 0.29) is 0 Å². The third-order valence-electron chi connectivity index (χ3n) is 4.66. The lowest BCUT2D eigenvalue weighted by atomic mass is 9.75. The minimum atomic E-state index is 0.542. The number of alkyl halides is 1. The number of halogens is 1. The summed E-state index contributed by atoms with van der Waals surface area (Å²) >= 11 is 3.78. The molecule has 98 valence electrons. The van der Waals surface area contributed by atoms with Gasteiger partial charge in [0.1, 0.15) is 0 Å². The molecule has 1 nitrogen and oxygen atoms in total. The molecule has 0 amide bonds. The highest BCUT2D eigenvalue weighted by molar-refractivity contribution is 9.09. The largest absolute Gasteiger partial charge is 0.294 e. The van der Waals surface area contributed by atoms with Crippen molar-refractivity contribution in [2.45, 2.75) is 45.2 Å². The SMILES string of the molecule is BrCC1(CN2Cc3ccccc3C2)CCCCC1. The van der Waals surface area contributed by atoms with E-state index >= 15 is 0 Å². The van der Waals surface area contributed by atoms with Crippen LogP contribution in [0.5, 0.6) is 0 Å². The van der Waals surface area contributed by atoms with Crippen LogP contribution in [0.2, 0.25) is 0 Å². The Morgan fingerprint density at radius 2 is 1.61 bits per heavy atom. The van der Waals surface area contributed by atoms with Crippen molar-refractivity contribution in [2.24, 2.45) is 5.41 Å². The van der Waals surface area contributed by atoms with Crippen LogP contribution >= 0.6 is 15.9 Å². The van der Waals surface area contributed by atoms with Gasteiger partial charge >= 0.3 is 0 Å². The second kappa shape index (κ2) is 5.34. The molecule has 1 fully saturated rings. The van der Waals surface area contributed by atoms with Crippen LogP contribution in [0.25, 0.3) is 0 Å². The van der Waals surface area contributed by atoms with Gasteiger partial charge in [-0.15, -0.1) is 0 Å². The Morgan fingerprint density at radius 3 is 2.17 bits per heavy atom. The number of hydrogen-bond donors (Lipinski definition) is 0. The Morgan fingerprint density at radius 1 is 1.00 bits per heavy atom. The lowest BCUT2D eigenvalue weighted by Gasteiger charge is -2.38. The predicted molar refractivity (Wildman–Crippen MR) is 79.9 cm³/mol. The van der Waals surface area contributed by atoms with Gasteiger partial charge in [0, 0.05) is 25.0 Å². The zero-order valence-electron chi connectivity index (χ0n) is 11.0. The Kier molecular flexibility index (Phi) is 3.76. The highest BCUT2D eigenvalue weighted by atomic mass is 79.9. The van der Waals surface area contributed by atoms with Crippen molar-refractivity contribution >= 4 is 15.9 Å². The number of hydrogen-bond acceptors (Lipinski definition) is 1. The third-order valence-corrected chi connectivity index (χ3v) is 5.85. The summed E-state index contributed by atoms with van der Waals surface area (Å²) in [6, 6.07) is 8.92. The first-order chi connectivity index (χ1) is 8.81. The van der Waals surface area contributed by atoms with Gasteiger partial charge in [-0.05, 0) is 29.4 Å². The lowest BCUT2D eigenvalue weighted by Crippen LogP contribution is -2.38. The molecule has 0 atom stereocenters. The lowest BCUT2D eigenvalue weighted by molar-refractivity contribution is 0.126. The van der Waals surface area contributed by atoms with Crippen molar-refractivity contribution in [3.05, 3.63) is 35.4 Å². The van der Waals surface area contributed by atoms with Crippen LogP contribution in [0.15, 0.2) is 24.3 Å². The van der Waals surface area contributed by atoms with E-state index in [0.29, 0.717) is 5.41 Å². The zero-order valence-corrected chi connectivity index (χ0v) is 12.6. The van der Waals surface area contributed by atoms with Gasteiger partial charge in [0.25, 0.3) is 0 Å². The molecule has 3 rings (SSSR count). The zero-order chi connectivity index (χ0) is 12.4. The van der Waals surface area contributed by atoms with Crippen molar-refractivity contribution in [1.29, 1.82) is 0 Å². The van der Waals surface area contributed by atoms with Crippen LogP contribution < -0.4 is 0 Å². The maximum Gasteiger partial charge on any atom is 0.0240 e. The molecule has 0 spiro atoms. The summed E-state index contributed by atoms with van der Waals surface area (Å²) in [4.78, 5) is 2.65. The van der Waals surface area contributed by atoms with Crippen molar-refractivity contribution in [3.8, 4) is 0 Å². The molecule has 1 aromatic carbocycles. The molecule has 18 heavy (non-hydrogen) atoms. The van der Waals surface area contributed by atoms with E-state index in [0.717, 1.165) is 13.1 Å². The fourth-order valence-corrected chi connectivity index (χ4v) is 4.36. The molecule has 0 saturated heterocycles. The minimum absolute atomic E-state index is 0.542. The van der Waals surface area contributed by atoms with E-state index in [9.17, 15) is 0 Å². The molecular formula is C16H22BrN. The summed E-state index contributed by atoms with van der Waals surface area (Å²) in [6.45, 7) is 3.59. The van der Waals surface area contributed by atoms with Crippen molar-refractivity contribution < 1.29 is 0 Å². The molecule has 1 saturated carbocycles. The van der Waals surface area contributed by atoms with Crippen molar-refractivity contribution in [2.75, 3.05) is 11.9 Å². The first kappa shape index (κ1) is 12.7. The Labute approximate surface area is 119 Å². The number of nitrogens with zero attached hydrogens (tertiary/aromatic N) is 1. The molecule has 2 heteroatoms. The van der Waals surface area contributed by atoms with Gasteiger partial charge in [0.05, 0.1) is 0 Å². The van der Waals surface area contributed by atoms with Crippen LogP contribution in [0.3, 0.4) is 0 Å². The highest BCUT2D eigenvalue weighted by Gasteiger charge is 2.34. The first-order valence-electron chi connectivity index (χ1n) is 7.16. The Hall–Kier alpha value is -0.340. The summed E-state index contributed by atoms with van der Waals surface area (Å²) in [5.74, 6) is 0. The van der Waals surface area contributed by atoms with E-state index in [1.54, 1.807) is 0 Å². The maximum atomic E-state index is 3.78. The number of benzene rings is 1. The van der Waals surface area contributed by atoms with Crippen LogP contribution in [-0.4, -0.2) is 16.8 Å². The van der Waals surface area contributed by atoms with E-state index in [1.807, 2.05) is 0 Å². The smallest absolute Gasteiger partial charge is 0.0240 e. The summed E-state index contributed by atoms with van der Waals surface area (Å²) in [7, 11) is 0. The van der Waals surface area contributed by atoms with E-state index in [4.69, 9.17) is 0 Å². The monoisotopic (exact) mass is 307 g/mol.